The Morgan fingerprint density at radius 1 is 0.282 bits per heavy atom. The molecule has 0 unspecified atom stereocenters. The summed E-state index contributed by atoms with van der Waals surface area (Å²) in [7, 11) is 0. The van der Waals surface area contributed by atoms with E-state index in [4.69, 9.17) is 0 Å². The average molecular weight is 1000 g/mol. The molecule has 0 amide bonds. The summed E-state index contributed by atoms with van der Waals surface area (Å²) in [6.07, 6.45) is 0. The Morgan fingerprint density at radius 3 is 0.962 bits per heavy atom. The Balaban J connectivity index is 1.15. The number of rotatable bonds is 7. The fourth-order valence-electron chi connectivity index (χ4n) is 12.5. The van der Waals surface area contributed by atoms with Gasteiger partial charge in [-0.1, -0.05) is 224 Å². The predicted octanol–water partition coefficient (Wildman–Crippen LogP) is 18.1. The van der Waals surface area contributed by atoms with Crippen LogP contribution in [0.25, 0.3) is 72.0 Å². The van der Waals surface area contributed by atoms with Crippen LogP contribution in [0.4, 0.5) is 34.1 Å². The number of fused-ring (bicyclic) bond motifs is 7. The molecule has 374 valence electrons. The fraction of sp³-hybridized carbons (Fsp3) is 0.108. The molecular weight excluding hydrogens is 942 g/mol. The maximum atomic E-state index is 2.61. The van der Waals surface area contributed by atoms with E-state index in [0.29, 0.717) is 0 Å². The number of anilines is 6. The molecule has 2 aliphatic rings. The number of aromatic nitrogens is 1. The monoisotopic (exact) mass is 1000 g/mol. The van der Waals surface area contributed by atoms with Crippen molar-refractivity contribution in [3.05, 3.63) is 266 Å². The van der Waals surface area contributed by atoms with Crippen molar-refractivity contribution in [2.75, 3.05) is 9.80 Å². The van der Waals surface area contributed by atoms with Crippen molar-refractivity contribution in [3.8, 4) is 50.2 Å². The van der Waals surface area contributed by atoms with Gasteiger partial charge >= 0.3 is 0 Å². The average Bonchev–Trinajstić information content (AvgIpc) is 3.84. The first kappa shape index (κ1) is 47.3. The highest BCUT2D eigenvalue weighted by Crippen LogP contribution is 2.49. The molecule has 0 spiro atoms. The van der Waals surface area contributed by atoms with Gasteiger partial charge in [-0.05, 0) is 156 Å². The molecule has 1 aromatic heterocycles. The minimum absolute atomic E-state index is 0.0962. The summed E-state index contributed by atoms with van der Waals surface area (Å²) >= 11 is 0. The van der Waals surface area contributed by atoms with Gasteiger partial charge < -0.3 is 14.4 Å². The van der Waals surface area contributed by atoms with Crippen LogP contribution in [-0.2, 0) is 10.8 Å². The molecule has 3 nitrogen and oxygen atoms in total. The number of benzene rings is 11. The van der Waals surface area contributed by atoms with Gasteiger partial charge in [-0.25, -0.2) is 0 Å². The quantitative estimate of drug-likeness (QED) is 0.147. The van der Waals surface area contributed by atoms with E-state index in [-0.39, 0.29) is 17.5 Å². The molecule has 0 radical (unpaired) electrons. The van der Waals surface area contributed by atoms with Gasteiger partial charge in [-0.15, -0.1) is 0 Å². The van der Waals surface area contributed by atoms with E-state index in [1.54, 1.807) is 0 Å². The molecule has 0 aliphatic carbocycles. The van der Waals surface area contributed by atoms with Gasteiger partial charge in [0.05, 0.1) is 16.7 Å². The van der Waals surface area contributed by atoms with Crippen molar-refractivity contribution in [3.63, 3.8) is 0 Å². The molecule has 3 heterocycles. The summed E-state index contributed by atoms with van der Waals surface area (Å²) in [4.78, 5) is 5.22. The number of hydrogen-bond donors (Lipinski definition) is 0. The predicted molar refractivity (Wildman–Crippen MR) is 334 cm³/mol. The molecule has 2 aliphatic heterocycles. The molecule has 14 rings (SSSR count). The third-order valence-electron chi connectivity index (χ3n) is 16.4. The lowest BCUT2D eigenvalue weighted by Crippen LogP contribution is -2.61. The van der Waals surface area contributed by atoms with Gasteiger partial charge in [0.1, 0.15) is 0 Å². The van der Waals surface area contributed by atoms with Gasteiger partial charge in [-0.2, -0.15) is 0 Å². The molecular formula is C74H60BN3. The van der Waals surface area contributed by atoms with Crippen LogP contribution in [0.3, 0.4) is 0 Å². The maximum Gasteiger partial charge on any atom is 0.252 e. The zero-order chi connectivity index (χ0) is 52.9. The van der Waals surface area contributed by atoms with E-state index in [1.807, 2.05) is 0 Å². The molecule has 0 saturated carbocycles. The number of nitrogens with zero attached hydrogens (tertiary/aromatic N) is 3. The molecule has 0 fully saturated rings. The van der Waals surface area contributed by atoms with Crippen LogP contribution < -0.4 is 26.2 Å². The Morgan fingerprint density at radius 2 is 0.615 bits per heavy atom. The van der Waals surface area contributed by atoms with Crippen LogP contribution in [0.1, 0.15) is 52.7 Å². The molecule has 0 atom stereocenters. The first-order valence-electron chi connectivity index (χ1n) is 27.5. The lowest BCUT2D eigenvalue weighted by molar-refractivity contribution is 0.590. The first-order chi connectivity index (χ1) is 37.9. The summed E-state index contributed by atoms with van der Waals surface area (Å²) in [5.41, 5.74) is 26.1. The second kappa shape index (κ2) is 18.3. The lowest BCUT2D eigenvalue weighted by atomic mass is 9.33. The van der Waals surface area contributed by atoms with Crippen molar-refractivity contribution in [1.29, 1.82) is 0 Å². The van der Waals surface area contributed by atoms with Crippen molar-refractivity contribution >= 4 is 79.0 Å². The Labute approximate surface area is 459 Å². The van der Waals surface area contributed by atoms with Gasteiger partial charge in [0.15, 0.2) is 0 Å². The smallest absolute Gasteiger partial charge is 0.252 e. The zero-order valence-corrected chi connectivity index (χ0v) is 45.2. The van der Waals surface area contributed by atoms with E-state index in [2.05, 4.69) is 311 Å². The van der Waals surface area contributed by atoms with E-state index in [0.717, 1.165) is 28.4 Å². The SMILES string of the molecule is CC(C)(C)c1ccc2c(c1)B1c3cc(C(C)(C)C)ccc3N(c3cc(-c4ccccc4)cc(-c4ccccc4)c3)c3cc(-n4c5ccccc5c5ccccc54)cc(c31)N2c1cc(-c2ccccc2)cc(-c2ccccc2)c1. The molecule has 78 heavy (non-hydrogen) atoms. The van der Waals surface area contributed by atoms with E-state index < -0.39 is 0 Å². The zero-order valence-electron chi connectivity index (χ0n) is 45.2. The van der Waals surface area contributed by atoms with E-state index >= 15 is 0 Å². The topological polar surface area (TPSA) is 11.4 Å². The van der Waals surface area contributed by atoms with Crippen LogP contribution in [0.15, 0.2) is 255 Å². The summed E-state index contributed by atoms with van der Waals surface area (Å²) in [5, 5.41) is 2.47. The van der Waals surface area contributed by atoms with Gasteiger partial charge in [0, 0.05) is 44.9 Å². The number of para-hydroxylation sites is 2. The summed E-state index contributed by atoms with van der Waals surface area (Å²) in [5.74, 6) is 0. The largest absolute Gasteiger partial charge is 0.311 e. The highest BCUT2D eigenvalue weighted by Gasteiger charge is 2.45. The maximum absolute atomic E-state index is 2.61. The molecule has 0 N–H and O–H groups in total. The van der Waals surface area contributed by atoms with Crippen LogP contribution >= 0.6 is 0 Å². The highest BCUT2D eigenvalue weighted by molar-refractivity contribution is 7.00. The Kier molecular flexibility index (Phi) is 11.1. The Bertz CT molecular complexity index is 3890. The molecule has 12 aromatic rings. The van der Waals surface area contributed by atoms with Crippen LogP contribution in [0.5, 0.6) is 0 Å². The molecule has 11 aromatic carbocycles. The normalized spacial score (nSPS) is 12.9. The van der Waals surface area contributed by atoms with E-state index in [1.165, 1.54) is 105 Å². The Hall–Kier alpha value is -9.12. The van der Waals surface area contributed by atoms with Crippen LogP contribution in [-0.4, -0.2) is 11.3 Å². The second-order valence-electron chi connectivity index (χ2n) is 23.4. The van der Waals surface area contributed by atoms with Gasteiger partial charge in [0.25, 0.3) is 6.71 Å². The minimum atomic E-state index is -0.0976. The summed E-state index contributed by atoms with van der Waals surface area (Å²) in [6, 6.07) is 95.6. The molecule has 4 heteroatoms. The lowest BCUT2D eigenvalue weighted by Gasteiger charge is -2.45. The molecule has 0 bridgehead atoms. The highest BCUT2D eigenvalue weighted by atomic mass is 15.2. The van der Waals surface area contributed by atoms with Crippen molar-refractivity contribution in [2.45, 2.75) is 52.4 Å². The summed E-state index contributed by atoms with van der Waals surface area (Å²) in [6.45, 7) is 14.0. The van der Waals surface area contributed by atoms with Crippen LogP contribution in [0, 0.1) is 0 Å². The second-order valence-corrected chi connectivity index (χ2v) is 23.4. The van der Waals surface area contributed by atoms with Crippen molar-refractivity contribution in [1.82, 2.24) is 4.57 Å². The van der Waals surface area contributed by atoms with Crippen LogP contribution in [0.2, 0.25) is 0 Å². The van der Waals surface area contributed by atoms with Gasteiger partial charge in [-0.3, -0.25) is 0 Å². The third kappa shape index (κ3) is 7.97. The minimum Gasteiger partial charge on any atom is -0.311 e. The number of hydrogen-bond acceptors (Lipinski definition) is 2. The standard InChI is InChI=1S/C74H60BN3/c1-73(2,3)57-35-37-68-64(45-57)75-65-46-58(74(4,5)6)36-38-69(65)78(60-43-55(51-27-15-9-16-28-51)40-56(44-60)52-29-17-10-18-30-52)71-48-61(76-66-33-21-19-31-62(66)63-32-20-22-34-67(63)76)47-70(72(71)75)77(68)59-41-53(49-23-11-7-12-24-49)39-54(42-59)50-25-13-8-14-26-50/h7-48H,1-6H3. The fourth-order valence-corrected chi connectivity index (χ4v) is 12.5. The van der Waals surface area contributed by atoms with E-state index in [9.17, 15) is 0 Å². The van der Waals surface area contributed by atoms with Gasteiger partial charge in [0.2, 0.25) is 0 Å². The van der Waals surface area contributed by atoms with Crippen molar-refractivity contribution < 1.29 is 0 Å². The third-order valence-corrected chi connectivity index (χ3v) is 16.4. The van der Waals surface area contributed by atoms with Crippen molar-refractivity contribution in [2.24, 2.45) is 0 Å². The first-order valence-corrected chi connectivity index (χ1v) is 27.5. The summed E-state index contributed by atoms with van der Waals surface area (Å²) < 4.78 is 2.51. The molecule has 0 saturated heterocycles.